The monoisotopic (exact) mass is 599 g/mol. The number of benzene rings is 4. The SMILES string of the molecule is COc1ccc(N2C(=O)C(N3C(=O)C(c4ccccc4)N(C(=O)c4ccccc4)C3C(C)(C)C)C2C=Cc2ccccc2)cc1. The summed E-state index contributed by atoms with van der Waals surface area (Å²) in [6, 6.07) is 33.4. The van der Waals surface area contributed by atoms with Gasteiger partial charge in [0.25, 0.3) is 17.7 Å². The summed E-state index contributed by atoms with van der Waals surface area (Å²) < 4.78 is 5.34. The number of hydrogen-bond donors (Lipinski definition) is 0. The Bertz CT molecular complexity index is 1700. The number of carbonyl (C=O) groups is 3. The Labute approximate surface area is 264 Å². The Morgan fingerprint density at radius 2 is 1.33 bits per heavy atom. The van der Waals surface area contributed by atoms with Crippen molar-refractivity contribution in [1.82, 2.24) is 9.80 Å². The molecule has 2 heterocycles. The van der Waals surface area contributed by atoms with E-state index in [0.29, 0.717) is 22.6 Å². The molecule has 0 spiro atoms. The van der Waals surface area contributed by atoms with Crippen LogP contribution in [0.4, 0.5) is 5.69 Å². The van der Waals surface area contributed by atoms with Crippen LogP contribution in [-0.4, -0.2) is 52.9 Å². The molecule has 2 aliphatic rings. The molecule has 6 rings (SSSR count). The molecular formula is C38H37N3O4. The predicted octanol–water partition coefficient (Wildman–Crippen LogP) is 6.59. The summed E-state index contributed by atoms with van der Waals surface area (Å²) in [7, 11) is 1.60. The van der Waals surface area contributed by atoms with E-state index in [4.69, 9.17) is 4.74 Å². The molecule has 4 aromatic rings. The van der Waals surface area contributed by atoms with E-state index in [9.17, 15) is 14.4 Å². The smallest absolute Gasteiger partial charge is 0.256 e. The molecule has 0 aliphatic carbocycles. The molecule has 3 amide bonds. The zero-order valence-electron chi connectivity index (χ0n) is 25.9. The van der Waals surface area contributed by atoms with E-state index >= 15 is 0 Å². The van der Waals surface area contributed by atoms with E-state index < -0.39 is 29.7 Å². The van der Waals surface area contributed by atoms with Crippen LogP contribution in [0.5, 0.6) is 5.75 Å². The molecule has 0 radical (unpaired) electrons. The van der Waals surface area contributed by atoms with Gasteiger partial charge in [-0.1, -0.05) is 112 Å². The number of amides is 3. The van der Waals surface area contributed by atoms with E-state index in [0.717, 1.165) is 5.56 Å². The van der Waals surface area contributed by atoms with Crippen LogP contribution in [0.1, 0.15) is 48.3 Å². The van der Waals surface area contributed by atoms with Crippen LogP contribution in [0, 0.1) is 5.41 Å². The van der Waals surface area contributed by atoms with Crippen LogP contribution >= 0.6 is 0 Å². The average Bonchev–Trinajstić information content (AvgIpc) is 3.36. The third kappa shape index (κ3) is 5.50. The summed E-state index contributed by atoms with van der Waals surface area (Å²) in [5.74, 6) is -0.0409. The van der Waals surface area contributed by atoms with Gasteiger partial charge in [-0.25, -0.2) is 0 Å². The quantitative estimate of drug-likeness (QED) is 0.225. The molecule has 4 atom stereocenters. The van der Waals surface area contributed by atoms with E-state index in [1.165, 1.54) is 0 Å². The third-order valence-electron chi connectivity index (χ3n) is 8.49. The molecule has 7 nitrogen and oxygen atoms in total. The lowest BCUT2D eigenvalue weighted by atomic mass is 9.85. The highest BCUT2D eigenvalue weighted by Crippen LogP contribution is 2.46. The van der Waals surface area contributed by atoms with Gasteiger partial charge in [-0.3, -0.25) is 14.4 Å². The van der Waals surface area contributed by atoms with Crippen molar-refractivity contribution in [2.24, 2.45) is 5.41 Å². The minimum Gasteiger partial charge on any atom is -0.497 e. The van der Waals surface area contributed by atoms with Crippen molar-refractivity contribution in [3.63, 3.8) is 0 Å². The number of carbonyl (C=O) groups excluding carboxylic acids is 3. The lowest BCUT2D eigenvalue weighted by molar-refractivity contribution is -0.146. The van der Waals surface area contributed by atoms with Crippen LogP contribution in [0.25, 0.3) is 6.08 Å². The Kier molecular flexibility index (Phi) is 8.02. The van der Waals surface area contributed by atoms with Crippen LogP contribution < -0.4 is 9.64 Å². The molecule has 2 fully saturated rings. The number of β-lactam (4-membered cyclic amide) rings is 1. The fourth-order valence-corrected chi connectivity index (χ4v) is 6.46. The standard InChI is InChI=1S/C38H37N3O4/c1-38(2,3)37-40(34(42)28-18-12-7-13-19-28)32(27-16-10-6-11-17-27)35(43)41(37)33-31(25-20-26-14-8-5-9-15-26)39(36(33)44)29-21-23-30(45-4)24-22-29/h5-25,31-33,37H,1-4H3. The van der Waals surface area contributed by atoms with Crippen molar-refractivity contribution in [1.29, 1.82) is 0 Å². The second-order valence-electron chi connectivity index (χ2n) is 12.5. The van der Waals surface area contributed by atoms with Gasteiger partial charge in [-0.2, -0.15) is 0 Å². The van der Waals surface area contributed by atoms with Gasteiger partial charge >= 0.3 is 0 Å². The Morgan fingerprint density at radius 3 is 1.91 bits per heavy atom. The topological polar surface area (TPSA) is 70.2 Å². The van der Waals surface area contributed by atoms with Gasteiger partial charge in [0.1, 0.15) is 24.0 Å². The Balaban J connectivity index is 1.47. The molecule has 0 N–H and O–H groups in total. The van der Waals surface area contributed by atoms with E-state index in [1.807, 2.05) is 136 Å². The summed E-state index contributed by atoms with van der Waals surface area (Å²) in [5.41, 5.74) is 2.29. The summed E-state index contributed by atoms with van der Waals surface area (Å²) in [6.45, 7) is 6.03. The maximum atomic E-state index is 14.8. The summed E-state index contributed by atoms with van der Waals surface area (Å²) in [5, 5.41) is 0. The van der Waals surface area contributed by atoms with Gasteiger partial charge in [-0.15, -0.1) is 0 Å². The van der Waals surface area contributed by atoms with Crippen LogP contribution in [0.2, 0.25) is 0 Å². The molecule has 7 heteroatoms. The molecule has 4 aromatic carbocycles. The number of nitrogens with zero attached hydrogens (tertiary/aromatic N) is 3. The third-order valence-corrected chi connectivity index (χ3v) is 8.49. The van der Waals surface area contributed by atoms with E-state index in [-0.39, 0.29) is 17.7 Å². The van der Waals surface area contributed by atoms with Crippen molar-refractivity contribution >= 4 is 29.5 Å². The number of hydrogen-bond acceptors (Lipinski definition) is 4. The fraction of sp³-hybridized carbons (Fsp3) is 0.237. The van der Waals surface area contributed by atoms with Crippen molar-refractivity contribution in [2.45, 2.75) is 45.1 Å². The zero-order chi connectivity index (χ0) is 31.7. The van der Waals surface area contributed by atoms with Crippen molar-refractivity contribution in [2.75, 3.05) is 12.0 Å². The normalized spacial score (nSPS) is 21.7. The lowest BCUT2D eigenvalue weighted by Crippen LogP contribution is -2.73. The van der Waals surface area contributed by atoms with Crippen molar-refractivity contribution in [3.8, 4) is 5.75 Å². The van der Waals surface area contributed by atoms with Crippen LogP contribution in [0.3, 0.4) is 0 Å². The van der Waals surface area contributed by atoms with E-state index in [2.05, 4.69) is 0 Å². The first-order valence-corrected chi connectivity index (χ1v) is 15.2. The van der Waals surface area contributed by atoms with Gasteiger partial charge in [-0.05, 0) is 47.5 Å². The highest BCUT2D eigenvalue weighted by atomic mass is 16.5. The minimum atomic E-state index is -0.885. The fourth-order valence-electron chi connectivity index (χ4n) is 6.46. The molecule has 228 valence electrons. The van der Waals surface area contributed by atoms with Crippen LogP contribution in [-0.2, 0) is 9.59 Å². The maximum absolute atomic E-state index is 14.8. The lowest BCUT2D eigenvalue weighted by Gasteiger charge is -2.52. The molecule has 45 heavy (non-hydrogen) atoms. The van der Waals surface area contributed by atoms with E-state index in [1.54, 1.807) is 33.9 Å². The van der Waals surface area contributed by atoms with Gasteiger partial charge < -0.3 is 19.4 Å². The summed E-state index contributed by atoms with van der Waals surface area (Å²) >= 11 is 0. The van der Waals surface area contributed by atoms with Crippen molar-refractivity contribution in [3.05, 3.63) is 138 Å². The molecule has 2 aliphatic heterocycles. The van der Waals surface area contributed by atoms with Gasteiger partial charge in [0.2, 0.25) is 0 Å². The van der Waals surface area contributed by atoms with Crippen molar-refractivity contribution < 1.29 is 19.1 Å². The highest BCUT2D eigenvalue weighted by Gasteiger charge is 2.62. The average molecular weight is 600 g/mol. The maximum Gasteiger partial charge on any atom is 0.256 e. The summed E-state index contributed by atoms with van der Waals surface area (Å²) in [6.07, 6.45) is 3.27. The molecular weight excluding hydrogens is 562 g/mol. The molecule has 0 saturated carbocycles. The molecule has 2 saturated heterocycles. The van der Waals surface area contributed by atoms with Crippen LogP contribution in [0.15, 0.2) is 121 Å². The first-order chi connectivity index (χ1) is 21.7. The number of anilines is 1. The second kappa shape index (κ2) is 12.1. The number of methoxy groups -OCH3 is 1. The largest absolute Gasteiger partial charge is 0.497 e. The molecule has 0 bridgehead atoms. The molecule has 4 unspecified atom stereocenters. The number of rotatable bonds is 7. The Hall–Kier alpha value is -5.17. The van der Waals surface area contributed by atoms with Gasteiger partial charge in [0, 0.05) is 16.7 Å². The zero-order valence-corrected chi connectivity index (χ0v) is 25.9. The van der Waals surface area contributed by atoms with Gasteiger partial charge in [0.15, 0.2) is 0 Å². The molecule has 0 aromatic heterocycles. The Morgan fingerprint density at radius 1 is 0.756 bits per heavy atom. The predicted molar refractivity (Wildman–Crippen MR) is 175 cm³/mol. The first kappa shape index (κ1) is 29.9. The minimum absolute atomic E-state index is 0.202. The first-order valence-electron chi connectivity index (χ1n) is 15.2. The summed E-state index contributed by atoms with van der Waals surface area (Å²) in [4.78, 5) is 48.5. The van der Waals surface area contributed by atoms with Gasteiger partial charge in [0.05, 0.1) is 13.2 Å². The number of ether oxygens (including phenoxy) is 1. The highest BCUT2D eigenvalue weighted by molar-refractivity contribution is 6.10. The second-order valence-corrected chi connectivity index (χ2v) is 12.5.